The van der Waals surface area contributed by atoms with Crippen molar-refractivity contribution in [2.75, 3.05) is 39.6 Å². The van der Waals surface area contributed by atoms with Gasteiger partial charge in [0, 0.05) is 10.8 Å². The minimum atomic E-state index is -0.266. The van der Waals surface area contributed by atoms with Crippen LogP contribution in [-0.4, -0.2) is 52.2 Å². The molecule has 0 aromatic rings. The van der Waals surface area contributed by atoms with E-state index >= 15 is 0 Å². The first-order valence-electron chi connectivity index (χ1n) is 6.95. The van der Waals surface area contributed by atoms with E-state index < -0.39 is 0 Å². The maximum atomic E-state index is 5.68. The summed E-state index contributed by atoms with van der Waals surface area (Å²) in [7, 11) is 0. The van der Waals surface area contributed by atoms with Gasteiger partial charge < -0.3 is 23.7 Å². The molecule has 0 spiro atoms. The van der Waals surface area contributed by atoms with Crippen LogP contribution in [0.1, 0.15) is 27.7 Å². The fourth-order valence-corrected chi connectivity index (χ4v) is 2.05. The molecule has 0 saturated carbocycles. The second-order valence-electron chi connectivity index (χ2n) is 6.50. The van der Waals surface area contributed by atoms with Crippen LogP contribution in [0.25, 0.3) is 0 Å². The molecule has 112 valence electrons. The van der Waals surface area contributed by atoms with E-state index in [0.717, 1.165) is 26.4 Å². The van der Waals surface area contributed by atoms with E-state index in [9.17, 15) is 0 Å². The summed E-state index contributed by atoms with van der Waals surface area (Å²) < 4.78 is 27.4. The number of rotatable bonds is 8. The summed E-state index contributed by atoms with van der Waals surface area (Å²) >= 11 is 0. The third-order valence-corrected chi connectivity index (χ3v) is 3.52. The van der Waals surface area contributed by atoms with Crippen molar-refractivity contribution in [2.45, 2.75) is 40.3 Å². The highest BCUT2D eigenvalue weighted by atomic mass is 16.8. The first-order valence-corrected chi connectivity index (χ1v) is 6.95. The normalized spacial score (nSPS) is 27.2. The lowest BCUT2D eigenvalue weighted by Crippen LogP contribution is -2.45. The van der Waals surface area contributed by atoms with Crippen LogP contribution in [-0.2, 0) is 23.7 Å². The Morgan fingerprint density at radius 2 is 1.21 bits per heavy atom. The van der Waals surface area contributed by atoms with Crippen LogP contribution < -0.4 is 0 Å². The molecule has 2 heterocycles. The third-order valence-electron chi connectivity index (χ3n) is 3.52. The summed E-state index contributed by atoms with van der Waals surface area (Å²) in [6.07, 6.45) is -0.532. The Kier molecular flexibility index (Phi) is 4.84. The van der Waals surface area contributed by atoms with Gasteiger partial charge in [0.05, 0.1) is 39.6 Å². The molecule has 2 atom stereocenters. The zero-order valence-electron chi connectivity index (χ0n) is 12.4. The van der Waals surface area contributed by atoms with Gasteiger partial charge in [0.1, 0.15) is 0 Å². The average Bonchev–Trinajstić information content (AvgIpc) is 2.29. The molecule has 0 amide bonds. The van der Waals surface area contributed by atoms with Crippen LogP contribution in [0.15, 0.2) is 0 Å². The first kappa shape index (κ1) is 15.2. The molecule has 2 aliphatic heterocycles. The van der Waals surface area contributed by atoms with Crippen molar-refractivity contribution in [3.8, 4) is 0 Å². The van der Waals surface area contributed by atoms with Crippen LogP contribution in [0.3, 0.4) is 0 Å². The van der Waals surface area contributed by atoms with E-state index in [1.165, 1.54) is 0 Å². The molecule has 0 aromatic heterocycles. The summed E-state index contributed by atoms with van der Waals surface area (Å²) in [5, 5.41) is 0. The van der Waals surface area contributed by atoms with E-state index in [4.69, 9.17) is 23.7 Å². The van der Waals surface area contributed by atoms with Gasteiger partial charge in [0.2, 0.25) is 0 Å². The molecular weight excluding hydrogens is 248 g/mol. The zero-order chi connectivity index (χ0) is 13.9. The maximum Gasteiger partial charge on any atom is 0.157 e. The van der Waals surface area contributed by atoms with Crippen LogP contribution >= 0.6 is 0 Å². The number of hydrogen-bond donors (Lipinski definition) is 0. The minimum absolute atomic E-state index is 0.151. The van der Waals surface area contributed by atoms with Crippen LogP contribution in [0.5, 0.6) is 0 Å². The molecule has 2 aliphatic rings. The predicted octanol–water partition coefficient (Wildman–Crippen LogP) is 1.80. The molecule has 2 saturated heterocycles. The monoisotopic (exact) mass is 274 g/mol. The smallest absolute Gasteiger partial charge is 0.157 e. The SMILES string of the molecule is CC(OCC1(C)COC1)OC(C)OCC1(C)COC1. The highest BCUT2D eigenvalue weighted by Gasteiger charge is 2.35. The van der Waals surface area contributed by atoms with E-state index in [1.54, 1.807) is 0 Å². The Morgan fingerprint density at radius 3 is 1.47 bits per heavy atom. The van der Waals surface area contributed by atoms with Crippen molar-refractivity contribution in [3.63, 3.8) is 0 Å². The van der Waals surface area contributed by atoms with Gasteiger partial charge in [-0.15, -0.1) is 0 Å². The van der Waals surface area contributed by atoms with Gasteiger partial charge in [-0.25, -0.2) is 0 Å². The van der Waals surface area contributed by atoms with Gasteiger partial charge in [-0.2, -0.15) is 0 Å². The Bertz CT molecular complexity index is 258. The van der Waals surface area contributed by atoms with Crippen molar-refractivity contribution in [1.29, 1.82) is 0 Å². The summed E-state index contributed by atoms with van der Waals surface area (Å²) in [6, 6.07) is 0. The van der Waals surface area contributed by atoms with Gasteiger partial charge >= 0.3 is 0 Å². The van der Waals surface area contributed by atoms with Crippen molar-refractivity contribution in [1.82, 2.24) is 0 Å². The molecule has 19 heavy (non-hydrogen) atoms. The predicted molar refractivity (Wildman–Crippen MR) is 69.8 cm³/mol. The summed E-state index contributed by atoms with van der Waals surface area (Å²) in [5.74, 6) is 0. The second kappa shape index (κ2) is 6.06. The minimum Gasteiger partial charge on any atom is -0.380 e. The van der Waals surface area contributed by atoms with Gasteiger partial charge in [-0.3, -0.25) is 0 Å². The van der Waals surface area contributed by atoms with Crippen LogP contribution in [0, 0.1) is 10.8 Å². The summed E-state index contributed by atoms with van der Waals surface area (Å²) in [4.78, 5) is 0. The van der Waals surface area contributed by atoms with Gasteiger partial charge in [-0.05, 0) is 13.8 Å². The third kappa shape index (κ3) is 4.39. The first-order chi connectivity index (χ1) is 8.91. The number of ether oxygens (including phenoxy) is 5. The summed E-state index contributed by atoms with van der Waals surface area (Å²) in [6.45, 7) is 12.5. The van der Waals surface area contributed by atoms with Crippen LogP contribution in [0.2, 0.25) is 0 Å². The molecule has 0 N–H and O–H groups in total. The highest BCUT2D eigenvalue weighted by molar-refractivity contribution is 4.81. The van der Waals surface area contributed by atoms with E-state index in [1.807, 2.05) is 13.8 Å². The second-order valence-corrected chi connectivity index (χ2v) is 6.50. The van der Waals surface area contributed by atoms with Gasteiger partial charge in [-0.1, -0.05) is 13.8 Å². The molecule has 5 nitrogen and oxygen atoms in total. The maximum absolute atomic E-state index is 5.68. The van der Waals surface area contributed by atoms with Gasteiger partial charge in [0.25, 0.3) is 0 Å². The number of hydrogen-bond acceptors (Lipinski definition) is 5. The zero-order valence-corrected chi connectivity index (χ0v) is 12.4. The Balaban J connectivity index is 1.57. The average molecular weight is 274 g/mol. The Morgan fingerprint density at radius 1 is 0.842 bits per heavy atom. The molecule has 2 unspecified atom stereocenters. The molecule has 2 rings (SSSR count). The van der Waals surface area contributed by atoms with Crippen LogP contribution in [0.4, 0.5) is 0 Å². The molecule has 5 heteroatoms. The summed E-state index contributed by atoms with van der Waals surface area (Å²) in [5.41, 5.74) is 0.303. The lowest BCUT2D eigenvalue weighted by molar-refractivity contribution is -0.265. The van der Waals surface area contributed by atoms with E-state index in [-0.39, 0.29) is 23.4 Å². The highest BCUT2D eigenvalue weighted by Crippen LogP contribution is 2.28. The molecule has 2 fully saturated rings. The Hall–Kier alpha value is -0.200. The lowest BCUT2D eigenvalue weighted by atomic mass is 9.90. The standard InChI is InChI=1S/C14H26O5/c1-11(17-9-13(3)5-15-6-13)19-12(2)18-10-14(4)7-16-8-14/h11-12H,5-10H2,1-4H3. The van der Waals surface area contributed by atoms with Crippen molar-refractivity contribution >= 4 is 0 Å². The quantitative estimate of drug-likeness (QED) is 0.632. The van der Waals surface area contributed by atoms with Crippen molar-refractivity contribution in [3.05, 3.63) is 0 Å². The largest absolute Gasteiger partial charge is 0.380 e. The van der Waals surface area contributed by atoms with Crippen molar-refractivity contribution in [2.24, 2.45) is 10.8 Å². The fraction of sp³-hybridized carbons (Fsp3) is 1.00. The van der Waals surface area contributed by atoms with Gasteiger partial charge in [0.15, 0.2) is 12.6 Å². The molecule has 0 aliphatic carbocycles. The Labute approximate surface area is 115 Å². The van der Waals surface area contributed by atoms with E-state index in [0.29, 0.717) is 13.2 Å². The molecule has 0 bridgehead atoms. The lowest BCUT2D eigenvalue weighted by Gasteiger charge is -2.39. The fourth-order valence-electron chi connectivity index (χ4n) is 2.05. The van der Waals surface area contributed by atoms with Crippen molar-refractivity contribution < 1.29 is 23.7 Å². The molecule has 0 aromatic carbocycles. The molecular formula is C14H26O5. The topological polar surface area (TPSA) is 46.2 Å². The molecule has 0 radical (unpaired) electrons. The van der Waals surface area contributed by atoms with E-state index in [2.05, 4.69) is 13.8 Å².